The minimum absolute atomic E-state index is 0.292. The van der Waals surface area contributed by atoms with E-state index in [-0.39, 0.29) is 5.41 Å². The molecule has 4 saturated carbocycles. The number of esters is 1. The summed E-state index contributed by atoms with van der Waals surface area (Å²) in [5.74, 6) is -4.48. The largest absolute Gasteiger partial charge is 0.462 e. The third kappa shape index (κ3) is 2.15. The maximum Gasteiger partial charge on any atom is 0.302 e. The van der Waals surface area contributed by atoms with E-state index in [9.17, 15) is 25.2 Å². The first-order chi connectivity index (χ1) is 14.4. The second kappa shape index (κ2) is 6.30. The summed E-state index contributed by atoms with van der Waals surface area (Å²) in [6.07, 6.45) is -2.92. The number of hydrogen-bond acceptors (Lipinski definition) is 8. The molecule has 8 nitrogen and oxygen atoms in total. The molecule has 0 radical (unpaired) electrons. The van der Waals surface area contributed by atoms with Crippen molar-refractivity contribution in [3.63, 3.8) is 0 Å². The molecule has 6 fully saturated rings. The Morgan fingerprint density at radius 2 is 1.84 bits per heavy atom. The van der Waals surface area contributed by atoms with Crippen LogP contribution in [0.1, 0.15) is 46.5 Å². The van der Waals surface area contributed by atoms with Gasteiger partial charge in [0.2, 0.25) is 5.79 Å². The maximum atomic E-state index is 12.1. The topological polar surface area (TPSA) is 126 Å². The zero-order valence-electron chi connectivity index (χ0n) is 18.6. The van der Waals surface area contributed by atoms with Gasteiger partial charge in [-0.25, -0.2) is 0 Å². The van der Waals surface area contributed by atoms with Crippen molar-refractivity contribution in [1.82, 2.24) is 0 Å². The molecule has 8 heteroatoms. The highest BCUT2D eigenvalue weighted by Crippen LogP contribution is 2.79. The van der Waals surface area contributed by atoms with Crippen molar-refractivity contribution in [2.45, 2.75) is 82.9 Å². The summed E-state index contributed by atoms with van der Waals surface area (Å²) in [4.78, 5) is 12.1. The number of carbonyl (C=O) groups excluding carboxylic acids is 1. The Morgan fingerprint density at radius 3 is 2.45 bits per heavy atom. The van der Waals surface area contributed by atoms with Crippen LogP contribution in [-0.2, 0) is 19.0 Å². The van der Waals surface area contributed by atoms with Crippen LogP contribution in [0.15, 0.2) is 12.2 Å². The van der Waals surface area contributed by atoms with Crippen LogP contribution in [0, 0.1) is 34.0 Å². The summed E-state index contributed by atoms with van der Waals surface area (Å²) in [6.45, 7) is 9.45. The van der Waals surface area contributed by atoms with E-state index in [2.05, 4.69) is 20.4 Å². The summed E-state index contributed by atoms with van der Waals surface area (Å²) in [7, 11) is 1.49. The minimum atomic E-state index is -2.30. The van der Waals surface area contributed by atoms with Crippen molar-refractivity contribution in [2.75, 3.05) is 7.11 Å². The van der Waals surface area contributed by atoms with Crippen LogP contribution < -0.4 is 0 Å². The minimum Gasteiger partial charge on any atom is -0.462 e. The van der Waals surface area contributed by atoms with Crippen LogP contribution in [0.2, 0.25) is 0 Å². The standard InChI is InChI=1S/C23H34O8/c1-10-12-9-13(30-11(2)24)14-21-8-6-7-20(3,4)15(21)18(27)23(28,31-19(21)29-5)22(14,16(10)25)17(12)26/h12-19,25-28H,1,6-9H2,2-5H3/t12-,13-,14-,15+,16+,17+,18-,19+,21+,22-,23+/m0/s1. The molecule has 4 aliphatic carbocycles. The SMILES string of the molecule is C=C1[C@@H](O)[C@]23[C@H](O)[C@H]1C[C@H](OC(C)=O)[C@H]2[C@]12CCCC(C)(C)[C@H]1[C@H](O)[C@@]3(O)O[C@H]2OC. The Labute approximate surface area is 182 Å². The smallest absolute Gasteiger partial charge is 0.302 e. The Morgan fingerprint density at radius 1 is 1.16 bits per heavy atom. The molecule has 2 heterocycles. The van der Waals surface area contributed by atoms with Crippen LogP contribution in [0.25, 0.3) is 0 Å². The molecule has 6 aliphatic rings. The van der Waals surface area contributed by atoms with Crippen LogP contribution >= 0.6 is 0 Å². The lowest BCUT2D eigenvalue weighted by Crippen LogP contribution is -2.88. The lowest BCUT2D eigenvalue weighted by Gasteiger charge is -2.76. The molecule has 0 unspecified atom stereocenters. The molecule has 4 N–H and O–H groups in total. The monoisotopic (exact) mass is 438 g/mol. The normalized spacial score (nSPS) is 56.7. The van der Waals surface area contributed by atoms with E-state index in [1.807, 2.05) is 0 Å². The highest BCUT2D eigenvalue weighted by Gasteiger charge is 2.89. The fraction of sp³-hybridized carbons (Fsp3) is 0.870. The predicted molar refractivity (Wildman–Crippen MR) is 107 cm³/mol. The molecule has 0 aromatic rings. The molecule has 11 atom stereocenters. The van der Waals surface area contributed by atoms with Gasteiger partial charge in [-0.15, -0.1) is 0 Å². The first kappa shape index (κ1) is 21.8. The first-order valence-corrected chi connectivity index (χ1v) is 11.2. The molecule has 31 heavy (non-hydrogen) atoms. The molecule has 6 rings (SSSR count). The Kier molecular flexibility index (Phi) is 4.43. The van der Waals surface area contributed by atoms with E-state index >= 15 is 0 Å². The van der Waals surface area contributed by atoms with Crippen LogP contribution in [0.3, 0.4) is 0 Å². The van der Waals surface area contributed by atoms with Gasteiger partial charge in [-0.05, 0) is 30.3 Å². The first-order valence-electron chi connectivity index (χ1n) is 11.2. The van der Waals surface area contributed by atoms with Gasteiger partial charge in [0.15, 0.2) is 6.29 Å². The number of ether oxygens (including phenoxy) is 3. The fourth-order valence-corrected chi connectivity index (χ4v) is 8.85. The molecule has 0 aromatic heterocycles. The third-order valence-corrected chi connectivity index (χ3v) is 9.55. The molecule has 0 amide bonds. The van der Waals surface area contributed by atoms with Gasteiger partial charge in [0.1, 0.15) is 12.2 Å². The van der Waals surface area contributed by atoms with E-state index in [0.717, 1.165) is 12.8 Å². The van der Waals surface area contributed by atoms with E-state index < -0.39 is 71.0 Å². The van der Waals surface area contributed by atoms with Gasteiger partial charge in [-0.3, -0.25) is 4.79 Å². The summed E-state index contributed by atoms with van der Waals surface area (Å²) in [5, 5.41) is 46.7. The molecule has 2 saturated heterocycles. The molecule has 2 spiro atoms. The Balaban J connectivity index is 1.83. The molecule has 4 bridgehead atoms. The molecule has 2 aliphatic heterocycles. The van der Waals surface area contributed by atoms with Crippen molar-refractivity contribution >= 4 is 5.97 Å². The Bertz CT molecular complexity index is 826. The van der Waals surface area contributed by atoms with Crippen molar-refractivity contribution in [3.8, 4) is 0 Å². The number of hydrogen-bond donors (Lipinski definition) is 4. The van der Waals surface area contributed by atoms with Gasteiger partial charge in [0.05, 0.1) is 17.6 Å². The number of aliphatic hydroxyl groups is 4. The number of carbonyl (C=O) groups is 1. The summed E-state index contributed by atoms with van der Waals surface area (Å²) < 4.78 is 17.7. The highest BCUT2D eigenvalue weighted by atomic mass is 16.8. The van der Waals surface area contributed by atoms with E-state index in [1.54, 1.807) is 0 Å². The summed E-state index contributed by atoms with van der Waals surface area (Å²) in [5.41, 5.74) is -2.55. The van der Waals surface area contributed by atoms with Gasteiger partial charge in [0.25, 0.3) is 0 Å². The molecular weight excluding hydrogens is 404 g/mol. The number of aliphatic hydroxyl groups excluding tert-OH is 3. The summed E-state index contributed by atoms with van der Waals surface area (Å²) >= 11 is 0. The van der Waals surface area contributed by atoms with Gasteiger partial charge in [-0.1, -0.05) is 26.8 Å². The van der Waals surface area contributed by atoms with Crippen molar-refractivity contribution in [3.05, 3.63) is 12.2 Å². The molecular formula is C23H34O8. The average Bonchev–Trinajstić information content (AvgIpc) is 2.79. The zero-order chi connectivity index (χ0) is 22.7. The number of rotatable bonds is 2. The molecule has 174 valence electrons. The number of fused-ring (bicyclic) bond motifs is 2. The predicted octanol–water partition coefficient (Wildman–Crippen LogP) is 0.711. The van der Waals surface area contributed by atoms with Gasteiger partial charge in [0, 0.05) is 37.2 Å². The van der Waals surface area contributed by atoms with E-state index in [0.29, 0.717) is 18.4 Å². The van der Waals surface area contributed by atoms with Gasteiger partial charge < -0.3 is 34.6 Å². The van der Waals surface area contributed by atoms with Crippen LogP contribution in [0.4, 0.5) is 0 Å². The van der Waals surface area contributed by atoms with Gasteiger partial charge in [-0.2, -0.15) is 0 Å². The highest BCUT2D eigenvalue weighted by molar-refractivity contribution is 5.66. The maximum absolute atomic E-state index is 12.1. The van der Waals surface area contributed by atoms with E-state index in [4.69, 9.17) is 14.2 Å². The second-order valence-electron chi connectivity index (χ2n) is 11.1. The zero-order valence-corrected chi connectivity index (χ0v) is 18.6. The Hall–Kier alpha value is -1.03. The summed E-state index contributed by atoms with van der Waals surface area (Å²) in [6, 6.07) is 0. The second-order valence-corrected chi connectivity index (χ2v) is 11.1. The van der Waals surface area contributed by atoms with Crippen LogP contribution in [0.5, 0.6) is 0 Å². The molecule has 0 aromatic carbocycles. The fourth-order valence-electron chi connectivity index (χ4n) is 8.85. The van der Waals surface area contributed by atoms with Crippen LogP contribution in [-0.4, -0.2) is 70.0 Å². The van der Waals surface area contributed by atoms with Crippen molar-refractivity contribution in [1.29, 1.82) is 0 Å². The van der Waals surface area contributed by atoms with Gasteiger partial charge >= 0.3 is 5.97 Å². The quantitative estimate of drug-likeness (QED) is 0.367. The van der Waals surface area contributed by atoms with Crippen molar-refractivity contribution in [2.24, 2.45) is 34.0 Å². The third-order valence-electron chi connectivity index (χ3n) is 9.55. The van der Waals surface area contributed by atoms with E-state index in [1.165, 1.54) is 14.0 Å². The van der Waals surface area contributed by atoms with Crippen molar-refractivity contribution < 1.29 is 39.4 Å². The lowest BCUT2D eigenvalue weighted by molar-refractivity contribution is -0.521. The lowest BCUT2D eigenvalue weighted by atomic mass is 9.35. The average molecular weight is 439 g/mol. The number of methoxy groups -OCH3 is 1.